The summed E-state index contributed by atoms with van der Waals surface area (Å²) in [5.41, 5.74) is 2.90. The Bertz CT molecular complexity index is 1790. The molecule has 1 saturated carbocycles. The van der Waals surface area contributed by atoms with Crippen LogP contribution in [0.1, 0.15) is 48.8 Å². The van der Waals surface area contributed by atoms with E-state index in [0.29, 0.717) is 5.75 Å². The third-order valence-corrected chi connectivity index (χ3v) is 10.7. The number of nitrogens with one attached hydrogen (secondary N) is 1. The van der Waals surface area contributed by atoms with Crippen LogP contribution < -0.4 is 19.1 Å². The minimum atomic E-state index is -4.30. The van der Waals surface area contributed by atoms with Crippen LogP contribution in [0.25, 0.3) is 0 Å². The second kappa shape index (κ2) is 16.5. The van der Waals surface area contributed by atoms with Crippen LogP contribution in [0.5, 0.6) is 11.5 Å². The highest BCUT2D eigenvalue weighted by Gasteiger charge is 2.36. The molecule has 5 rings (SSSR count). The Kier molecular flexibility index (Phi) is 12.0. The molecular formula is C39H45N3O6S. The summed E-state index contributed by atoms with van der Waals surface area (Å²) in [6.07, 6.45) is 5.23. The van der Waals surface area contributed by atoms with Gasteiger partial charge in [-0.25, -0.2) is 8.42 Å². The van der Waals surface area contributed by atoms with Crippen LogP contribution in [0.15, 0.2) is 108 Å². The molecule has 49 heavy (non-hydrogen) atoms. The van der Waals surface area contributed by atoms with E-state index in [1.165, 1.54) is 37.3 Å². The number of amides is 2. The average molecular weight is 684 g/mol. The van der Waals surface area contributed by atoms with E-state index in [-0.39, 0.29) is 41.2 Å². The molecular weight excluding hydrogens is 639 g/mol. The monoisotopic (exact) mass is 683 g/mol. The van der Waals surface area contributed by atoms with E-state index in [9.17, 15) is 18.0 Å². The Hall–Kier alpha value is -4.83. The summed E-state index contributed by atoms with van der Waals surface area (Å²) in [5.74, 6) is -0.159. The lowest BCUT2D eigenvalue weighted by Gasteiger charge is -2.35. The first kappa shape index (κ1) is 35.5. The molecule has 0 saturated heterocycles. The van der Waals surface area contributed by atoms with Crippen LogP contribution in [0.4, 0.5) is 5.69 Å². The van der Waals surface area contributed by atoms with Crippen molar-refractivity contribution in [3.8, 4) is 11.5 Å². The van der Waals surface area contributed by atoms with Gasteiger partial charge < -0.3 is 19.7 Å². The molecule has 0 unspecified atom stereocenters. The lowest BCUT2D eigenvalue weighted by Crippen LogP contribution is -2.55. The Morgan fingerprint density at radius 1 is 0.816 bits per heavy atom. The van der Waals surface area contributed by atoms with Crippen molar-refractivity contribution in [1.29, 1.82) is 0 Å². The maximum atomic E-state index is 14.8. The third-order valence-electron chi connectivity index (χ3n) is 8.96. The molecule has 2 amide bonds. The maximum absolute atomic E-state index is 14.8. The van der Waals surface area contributed by atoms with Gasteiger partial charge in [0.05, 0.1) is 24.8 Å². The van der Waals surface area contributed by atoms with E-state index in [4.69, 9.17) is 9.47 Å². The van der Waals surface area contributed by atoms with Crippen LogP contribution in [-0.4, -0.2) is 58.0 Å². The average Bonchev–Trinajstić information content (AvgIpc) is 3.13. The summed E-state index contributed by atoms with van der Waals surface area (Å²) in [4.78, 5) is 30.6. The zero-order valence-electron chi connectivity index (χ0n) is 28.4. The van der Waals surface area contributed by atoms with Gasteiger partial charge in [-0.15, -0.1) is 0 Å². The first-order chi connectivity index (χ1) is 23.7. The minimum Gasteiger partial charge on any atom is -0.497 e. The zero-order valence-corrected chi connectivity index (χ0v) is 29.2. The predicted octanol–water partition coefficient (Wildman–Crippen LogP) is 6.30. The summed E-state index contributed by atoms with van der Waals surface area (Å²) in [7, 11) is -1.38. The summed E-state index contributed by atoms with van der Waals surface area (Å²) >= 11 is 0. The molecule has 0 aliphatic heterocycles. The number of nitrogens with zero attached hydrogens (tertiary/aromatic N) is 2. The number of hydrogen-bond donors (Lipinski definition) is 1. The van der Waals surface area contributed by atoms with Gasteiger partial charge in [-0.05, 0) is 55.2 Å². The molecule has 0 radical (unpaired) electrons. The Morgan fingerprint density at radius 3 is 2.10 bits per heavy atom. The highest BCUT2D eigenvalue weighted by Crippen LogP contribution is 2.36. The highest BCUT2D eigenvalue weighted by molar-refractivity contribution is 7.92. The van der Waals surface area contributed by atoms with E-state index in [1.807, 2.05) is 61.5 Å². The van der Waals surface area contributed by atoms with Gasteiger partial charge in [0.1, 0.15) is 24.1 Å². The number of sulfonamides is 1. The SMILES string of the molecule is COc1ccc(OC)c(N(CC(=O)N(Cc2ccc(C)cc2)[C@H](Cc2ccccc2)C(=O)NC2CCCCC2)S(=O)(=O)c2ccccc2)c1. The number of carbonyl (C=O) groups excluding carboxylic acids is 2. The van der Waals surface area contributed by atoms with Gasteiger partial charge in [-0.2, -0.15) is 0 Å². The Balaban J connectivity index is 1.60. The molecule has 9 nitrogen and oxygen atoms in total. The zero-order chi connectivity index (χ0) is 34.8. The van der Waals surface area contributed by atoms with Gasteiger partial charge in [0.25, 0.3) is 10.0 Å². The standard InChI is InChI=1S/C39H45N3O6S/c1-29-19-21-31(22-20-29)27-41(36(25-30-13-7-4-8-14-30)39(44)40-32-15-9-5-10-16-32)38(43)28-42(49(45,46)34-17-11-6-12-18-34)35-26-33(47-2)23-24-37(35)48-3/h4,6-8,11-14,17-24,26,32,36H,5,9-10,15-16,25,27-28H2,1-3H3,(H,40,44)/t36-/m1/s1. The van der Waals surface area contributed by atoms with Gasteiger partial charge in [0.2, 0.25) is 11.8 Å². The number of anilines is 1. The van der Waals surface area contributed by atoms with E-state index in [2.05, 4.69) is 5.32 Å². The minimum absolute atomic E-state index is 0.00800. The van der Waals surface area contributed by atoms with Crippen LogP contribution in [0.3, 0.4) is 0 Å². The van der Waals surface area contributed by atoms with Crippen molar-refractivity contribution in [3.63, 3.8) is 0 Å². The molecule has 1 aliphatic rings. The number of aryl methyl sites for hydroxylation is 1. The first-order valence-electron chi connectivity index (χ1n) is 16.7. The summed E-state index contributed by atoms with van der Waals surface area (Å²) in [5, 5.41) is 3.24. The van der Waals surface area contributed by atoms with Gasteiger partial charge in [-0.3, -0.25) is 13.9 Å². The Morgan fingerprint density at radius 2 is 1.47 bits per heavy atom. The summed E-state index contributed by atoms with van der Waals surface area (Å²) in [6, 6.07) is 29.2. The molecule has 258 valence electrons. The molecule has 4 aromatic carbocycles. The van der Waals surface area contributed by atoms with Crippen molar-refractivity contribution in [2.45, 2.75) is 69.0 Å². The first-order valence-corrected chi connectivity index (χ1v) is 18.1. The lowest BCUT2D eigenvalue weighted by molar-refractivity contribution is -0.140. The van der Waals surface area contributed by atoms with Crippen molar-refractivity contribution in [2.75, 3.05) is 25.1 Å². The molecule has 0 spiro atoms. The number of methoxy groups -OCH3 is 2. The topological polar surface area (TPSA) is 105 Å². The Labute approximate surface area is 289 Å². The van der Waals surface area contributed by atoms with Gasteiger partial charge in [-0.1, -0.05) is 97.6 Å². The second-order valence-corrected chi connectivity index (χ2v) is 14.3. The maximum Gasteiger partial charge on any atom is 0.264 e. The van der Waals surface area contributed by atoms with Gasteiger partial charge in [0.15, 0.2) is 0 Å². The fourth-order valence-corrected chi connectivity index (χ4v) is 7.65. The van der Waals surface area contributed by atoms with Crippen LogP contribution in [0.2, 0.25) is 0 Å². The molecule has 1 N–H and O–H groups in total. The molecule has 1 fully saturated rings. The normalized spacial score (nSPS) is 14.0. The fourth-order valence-electron chi connectivity index (χ4n) is 6.21. The molecule has 1 aliphatic carbocycles. The highest BCUT2D eigenvalue weighted by atomic mass is 32.2. The van der Waals surface area contributed by atoms with Crippen molar-refractivity contribution in [2.24, 2.45) is 0 Å². The van der Waals surface area contributed by atoms with Gasteiger partial charge >= 0.3 is 0 Å². The lowest BCUT2D eigenvalue weighted by atomic mass is 9.94. The summed E-state index contributed by atoms with van der Waals surface area (Å²) in [6.45, 7) is 1.49. The van der Waals surface area contributed by atoms with Gasteiger partial charge in [0, 0.05) is 25.1 Å². The third kappa shape index (κ3) is 9.00. The van der Waals surface area contributed by atoms with Crippen molar-refractivity contribution >= 4 is 27.5 Å². The smallest absolute Gasteiger partial charge is 0.264 e. The largest absolute Gasteiger partial charge is 0.497 e. The number of carbonyl (C=O) groups is 2. The van der Waals surface area contributed by atoms with E-state index < -0.39 is 28.5 Å². The fraction of sp³-hybridized carbons (Fsp3) is 0.333. The van der Waals surface area contributed by atoms with Crippen LogP contribution in [0, 0.1) is 6.92 Å². The number of hydrogen-bond acceptors (Lipinski definition) is 6. The van der Waals surface area contributed by atoms with Crippen molar-refractivity contribution < 1.29 is 27.5 Å². The molecule has 1 atom stereocenters. The molecule has 0 bridgehead atoms. The molecule has 4 aromatic rings. The molecule has 0 heterocycles. The quantitative estimate of drug-likeness (QED) is 0.167. The van der Waals surface area contributed by atoms with E-state index in [0.717, 1.165) is 53.1 Å². The van der Waals surface area contributed by atoms with Crippen molar-refractivity contribution in [3.05, 3.63) is 120 Å². The van der Waals surface area contributed by atoms with E-state index in [1.54, 1.807) is 30.3 Å². The van der Waals surface area contributed by atoms with Crippen molar-refractivity contribution in [1.82, 2.24) is 10.2 Å². The van der Waals surface area contributed by atoms with E-state index >= 15 is 0 Å². The number of ether oxygens (including phenoxy) is 2. The number of rotatable bonds is 14. The second-order valence-electron chi connectivity index (χ2n) is 12.4. The predicted molar refractivity (Wildman–Crippen MR) is 191 cm³/mol. The summed E-state index contributed by atoms with van der Waals surface area (Å²) < 4.78 is 40.9. The van der Waals surface area contributed by atoms with Crippen LogP contribution >= 0.6 is 0 Å². The molecule has 0 aromatic heterocycles. The number of benzene rings is 4. The van der Waals surface area contributed by atoms with Crippen LogP contribution in [-0.2, 0) is 32.6 Å². The molecule has 10 heteroatoms.